The molecule has 0 bridgehead atoms. The first kappa shape index (κ1) is 25.2. The van der Waals surface area contributed by atoms with E-state index >= 15 is 0 Å². The molecule has 2 nitrogen and oxygen atoms in total. The van der Waals surface area contributed by atoms with Gasteiger partial charge in [-0.1, -0.05) is 69.2 Å². The Morgan fingerprint density at radius 3 is 2.65 bits per heavy atom. The number of phenols is 1. The molecule has 0 spiro atoms. The number of benzene rings is 2. The van der Waals surface area contributed by atoms with E-state index in [0.29, 0.717) is 35.1 Å². The smallest absolute Gasteiger partial charge is 0.116 e. The molecule has 0 amide bonds. The van der Waals surface area contributed by atoms with Crippen molar-refractivity contribution in [3.63, 3.8) is 0 Å². The molecule has 4 aliphatic rings. The SMILES string of the molecule is C[C@H]1CC=C[C@](C)([C@H]2CCC[C@H](Cc3cc(O)cc([C@@H]4C[C@H]5CC[C@@H](C)N[C@@H]5c5ccccc54)c3)C2)C1. The Labute approximate surface area is 225 Å². The van der Waals surface area contributed by atoms with Crippen LogP contribution in [0.3, 0.4) is 0 Å². The highest BCUT2D eigenvalue weighted by Crippen LogP contribution is 2.50. The number of allylic oxidation sites excluding steroid dienone is 2. The number of piperidine rings is 1. The molecule has 8 atom stereocenters. The zero-order chi connectivity index (χ0) is 25.6. The summed E-state index contributed by atoms with van der Waals surface area (Å²) in [5.74, 6) is 3.83. The molecular formula is C35H47NO. The van der Waals surface area contributed by atoms with Crippen molar-refractivity contribution in [2.24, 2.45) is 29.1 Å². The normalized spacial score (nSPS) is 37.5. The monoisotopic (exact) mass is 497 g/mol. The zero-order valence-corrected chi connectivity index (χ0v) is 23.3. The number of hydrogen-bond acceptors (Lipinski definition) is 2. The van der Waals surface area contributed by atoms with E-state index in [4.69, 9.17) is 0 Å². The molecule has 2 N–H and O–H groups in total. The number of rotatable bonds is 4. The van der Waals surface area contributed by atoms with Gasteiger partial charge in [-0.3, -0.25) is 0 Å². The maximum absolute atomic E-state index is 10.9. The molecule has 1 heterocycles. The molecule has 2 aromatic carbocycles. The second-order valence-electron chi connectivity index (χ2n) is 13.6. The first-order valence-corrected chi connectivity index (χ1v) is 15.2. The van der Waals surface area contributed by atoms with E-state index in [-0.39, 0.29) is 0 Å². The van der Waals surface area contributed by atoms with Crippen molar-refractivity contribution < 1.29 is 5.11 Å². The topological polar surface area (TPSA) is 32.3 Å². The van der Waals surface area contributed by atoms with Gasteiger partial charge in [-0.05, 0) is 122 Å². The van der Waals surface area contributed by atoms with Crippen LogP contribution in [0.5, 0.6) is 5.75 Å². The van der Waals surface area contributed by atoms with Crippen molar-refractivity contribution in [1.29, 1.82) is 0 Å². The minimum absolute atomic E-state index is 0.369. The summed E-state index contributed by atoms with van der Waals surface area (Å²) in [5.41, 5.74) is 5.98. The van der Waals surface area contributed by atoms with Crippen molar-refractivity contribution in [1.82, 2.24) is 5.32 Å². The van der Waals surface area contributed by atoms with E-state index in [1.165, 1.54) is 80.0 Å². The molecule has 2 fully saturated rings. The molecule has 1 saturated carbocycles. The minimum Gasteiger partial charge on any atom is -0.508 e. The van der Waals surface area contributed by atoms with Crippen LogP contribution in [0.1, 0.15) is 113 Å². The van der Waals surface area contributed by atoms with Crippen molar-refractivity contribution in [3.05, 3.63) is 76.9 Å². The summed E-state index contributed by atoms with van der Waals surface area (Å²) < 4.78 is 0. The van der Waals surface area contributed by atoms with Crippen LogP contribution in [0.15, 0.2) is 54.6 Å². The molecule has 2 heteroatoms. The maximum atomic E-state index is 10.9. The highest BCUT2D eigenvalue weighted by Gasteiger charge is 2.39. The second kappa shape index (κ2) is 10.3. The summed E-state index contributed by atoms with van der Waals surface area (Å²) >= 11 is 0. The summed E-state index contributed by atoms with van der Waals surface area (Å²) in [6, 6.07) is 16.7. The van der Waals surface area contributed by atoms with Gasteiger partial charge in [0.15, 0.2) is 0 Å². The third kappa shape index (κ3) is 5.16. The van der Waals surface area contributed by atoms with Crippen LogP contribution in [0.4, 0.5) is 0 Å². The van der Waals surface area contributed by atoms with Crippen LogP contribution in [-0.4, -0.2) is 11.1 Å². The molecule has 1 aliphatic heterocycles. The highest BCUT2D eigenvalue weighted by molar-refractivity contribution is 5.46. The second-order valence-corrected chi connectivity index (χ2v) is 13.6. The third-order valence-corrected chi connectivity index (χ3v) is 10.6. The van der Waals surface area contributed by atoms with E-state index in [0.717, 1.165) is 24.2 Å². The van der Waals surface area contributed by atoms with E-state index in [2.05, 4.69) is 80.7 Å². The third-order valence-electron chi connectivity index (χ3n) is 10.6. The largest absolute Gasteiger partial charge is 0.508 e. The first-order chi connectivity index (χ1) is 17.9. The van der Waals surface area contributed by atoms with Crippen molar-refractivity contribution >= 4 is 0 Å². The van der Waals surface area contributed by atoms with E-state index in [1.807, 2.05) is 0 Å². The lowest BCUT2D eigenvalue weighted by Crippen LogP contribution is -2.43. The number of phenolic OH excluding ortho intramolecular Hbond substituents is 1. The number of aromatic hydroxyl groups is 1. The summed E-state index contributed by atoms with van der Waals surface area (Å²) in [4.78, 5) is 0. The van der Waals surface area contributed by atoms with E-state index in [1.54, 1.807) is 0 Å². The van der Waals surface area contributed by atoms with Gasteiger partial charge in [-0.15, -0.1) is 0 Å². The van der Waals surface area contributed by atoms with Crippen molar-refractivity contribution in [2.75, 3.05) is 0 Å². The average molecular weight is 498 g/mol. The van der Waals surface area contributed by atoms with Gasteiger partial charge in [0.25, 0.3) is 0 Å². The van der Waals surface area contributed by atoms with Gasteiger partial charge in [0.2, 0.25) is 0 Å². The fourth-order valence-electron chi connectivity index (χ4n) is 8.81. The Balaban J connectivity index is 1.23. The van der Waals surface area contributed by atoms with Crippen LogP contribution in [-0.2, 0) is 6.42 Å². The maximum Gasteiger partial charge on any atom is 0.116 e. The number of hydrogen-bond donors (Lipinski definition) is 2. The first-order valence-electron chi connectivity index (χ1n) is 15.2. The number of fused-ring (bicyclic) bond motifs is 3. The van der Waals surface area contributed by atoms with Crippen LogP contribution >= 0.6 is 0 Å². The van der Waals surface area contributed by atoms with Crippen LogP contribution in [0, 0.1) is 29.1 Å². The Morgan fingerprint density at radius 2 is 1.81 bits per heavy atom. The summed E-state index contributed by atoms with van der Waals surface area (Å²) in [6.45, 7) is 7.27. The average Bonchev–Trinajstić information content (AvgIpc) is 2.88. The Kier molecular flexibility index (Phi) is 6.99. The molecule has 1 saturated heterocycles. The molecule has 0 aromatic heterocycles. The highest BCUT2D eigenvalue weighted by atomic mass is 16.3. The lowest BCUT2D eigenvalue weighted by atomic mass is 9.61. The predicted molar refractivity (Wildman–Crippen MR) is 154 cm³/mol. The molecule has 2 aromatic rings. The van der Waals surface area contributed by atoms with Gasteiger partial charge < -0.3 is 10.4 Å². The summed E-state index contributed by atoms with van der Waals surface area (Å²) in [7, 11) is 0. The Bertz CT molecular complexity index is 1140. The fourth-order valence-corrected chi connectivity index (χ4v) is 8.81. The van der Waals surface area contributed by atoms with E-state index < -0.39 is 0 Å². The fraction of sp³-hybridized carbons (Fsp3) is 0.600. The van der Waals surface area contributed by atoms with Gasteiger partial charge in [-0.25, -0.2) is 0 Å². The molecule has 3 aliphatic carbocycles. The lowest BCUT2D eigenvalue weighted by Gasteiger charge is -2.44. The molecule has 6 rings (SSSR count). The van der Waals surface area contributed by atoms with Crippen molar-refractivity contribution in [2.45, 2.75) is 103 Å². The van der Waals surface area contributed by atoms with Gasteiger partial charge in [0, 0.05) is 18.0 Å². The van der Waals surface area contributed by atoms with E-state index in [9.17, 15) is 5.11 Å². The molecule has 0 unspecified atom stereocenters. The summed E-state index contributed by atoms with van der Waals surface area (Å²) in [6.07, 6.45) is 17.8. The molecule has 37 heavy (non-hydrogen) atoms. The van der Waals surface area contributed by atoms with Crippen LogP contribution < -0.4 is 5.32 Å². The lowest BCUT2D eigenvalue weighted by molar-refractivity contribution is 0.119. The van der Waals surface area contributed by atoms with Crippen molar-refractivity contribution in [3.8, 4) is 5.75 Å². The summed E-state index contributed by atoms with van der Waals surface area (Å²) in [5, 5.41) is 14.8. The van der Waals surface area contributed by atoms with Crippen LogP contribution in [0.25, 0.3) is 0 Å². The van der Waals surface area contributed by atoms with Gasteiger partial charge >= 0.3 is 0 Å². The Hall–Kier alpha value is -2.06. The molecule has 0 radical (unpaired) electrons. The van der Waals surface area contributed by atoms with Gasteiger partial charge in [-0.2, -0.15) is 0 Å². The molecular weight excluding hydrogens is 450 g/mol. The Morgan fingerprint density at radius 1 is 0.973 bits per heavy atom. The standard InChI is InChI=1S/C35H47NO/c1-23-8-7-15-35(3,22-23)29-10-6-9-25(18-29)16-26-17-28(20-30(37)19-26)33-21-27-14-13-24(2)36-34(27)32-12-5-4-11-31(32)33/h4-5,7,11-12,15,17,19-20,23-25,27,29,33-34,36-37H,6,8-10,13-14,16,18,21-22H2,1-3H3/t23-,24+,25+,27+,29-,33-,34-,35-/m0/s1. The van der Waals surface area contributed by atoms with Gasteiger partial charge in [0.05, 0.1) is 0 Å². The molecule has 198 valence electrons. The quantitative estimate of drug-likeness (QED) is 0.414. The zero-order valence-electron chi connectivity index (χ0n) is 23.3. The van der Waals surface area contributed by atoms with Gasteiger partial charge in [0.1, 0.15) is 5.75 Å². The van der Waals surface area contributed by atoms with Crippen LogP contribution in [0.2, 0.25) is 0 Å². The predicted octanol–water partition coefficient (Wildman–Crippen LogP) is 8.70. The minimum atomic E-state index is 0.369. The number of nitrogens with one attached hydrogen (secondary N) is 1.